The Labute approximate surface area is 246 Å². The molecule has 0 saturated carbocycles. The molecule has 0 N–H and O–H groups in total. The average molecular weight is 581 g/mol. The highest BCUT2D eigenvalue weighted by Gasteiger charge is 2.27. The van der Waals surface area contributed by atoms with Crippen LogP contribution in [0.5, 0.6) is 0 Å². The van der Waals surface area contributed by atoms with Crippen LogP contribution in [-0.2, 0) is 10.8 Å². The Morgan fingerprint density at radius 3 is 1.27 bits per heavy atom. The third-order valence-corrected chi connectivity index (χ3v) is 9.58. The van der Waals surface area contributed by atoms with Crippen LogP contribution in [0.3, 0.4) is 0 Å². The van der Waals surface area contributed by atoms with E-state index in [1.54, 1.807) is 6.07 Å². The quantitative estimate of drug-likeness (QED) is 0.139. The Morgan fingerprint density at radius 1 is 0.625 bits per heavy atom. The molecule has 0 aliphatic carbocycles. The van der Waals surface area contributed by atoms with Crippen LogP contribution in [0.4, 0.5) is 11.4 Å². The minimum atomic E-state index is -0.542. The largest absolute Gasteiger partial charge is 0.290 e. The van der Waals surface area contributed by atoms with Crippen LogP contribution in [0, 0.1) is 20.2 Å². The smallest absolute Gasteiger partial charge is 0.258 e. The van der Waals surface area contributed by atoms with Crippen molar-refractivity contribution in [3.05, 3.63) is 92.0 Å². The second-order valence-corrected chi connectivity index (χ2v) is 13.8. The molecule has 0 heterocycles. The summed E-state index contributed by atoms with van der Waals surface area (Å²) in [6, 6.07) is 18.9. The summed E-state index contributed by atoms with van der Waals surface area (Å²) >= 11 is 2.52. The maximum absolute atomic E-state index is 11.9. The second-order valence-electron chi connectivity index (χ2n) is 11.5. The molecule has 3 aromatic carbocycles. The van der Waals surface area contributed by atoms with Crippen molar-refractivity contribution in [1.29, 1.82) is 0 Å². The molecular weight excluding hydrogens is 540 g/mol. The highest BCUT2D eigenvalue weighted by molar-refractivity contribution is 8.00. The first-order valence-corrected chi connectivity index (χ1v) is 15.5. The van der Waals surface area contributed by atoms with Crippen molar-refractivity contribution in [3.63, 3.8) is 0 Å². The fraction of sp³-hybridized carbons (Fsp3) is 0.438. The monoisotopic (exact) mass is 580 g/mol. The molecular formula is C32H40N2O4S2. The minimum absolute atomic E-state index is 0.0448. The lowest BCUT2D eigenvalue weighted by atomic mass is 9.80. The first kappa shape index (κ1) is 31.7. The molecule has 0 atom stereocenters. The standard InChI is InChI=1S/C32H40N2O4S2/c1-7-9-19-31(3,4)23-11-15-25(16-12-23)39-29-22-30(28(34(37)38)21-27(29)33(35)36)40-26-17-13-24(14-18-26)32(5,6)20-10-8-2/h11-18,21-22H,7-10,19-20H2,1-6H3. The van der Waals surface area contributed by atoms with Crippen LogP contribution in [-0.4, -0.2) is 9.85 Å². The predicted octanol–water partition coefficient (Wildman–Crippen LogP) is 10.7. The number of unbranched alkanes of at least 4 members (excludes halogenated alkanes) is 2. The van der Waals surface area contributed by atoms with Gasteiger partial charge in [0, 0.05) is 9.79 Å². The van der Waals surface area contributed by atoms with Crippen molar-refractivity contribution < 1.29 is 9.85 Å². The number of nitrogens with zero attached hydrogens (tertiary/aromatic N) is 2. The molecule has 0 spiro atoms. The van der Waals surface area contributed by atoms with Crippen LogP contribution in [0.25, 0.3) is 0 Å². The molecule has 0 saturated heterocycles. The Bertz CT molecular complexity index is 1220. The highest BCUT2D eigenvalue weighted by Crippen LogP contribution is 2.44. The topological polar surface area (TPSA) is 86.3 Å². The Kier molecular flexibility index (Phi) is 10.8. The van der Waals surface area contributed by atoms with Gasteiger partial charge in [-0.25, -0.2) is 0 Å². The molecule has 0 radical (unpaired) electrons. The zero-order valence-corrected chi connectivity index (χ0v) is 26.0. The zero-order chi connectivity index (χ0) is 29.5. The van der Waals surface area contributed by atoms with Crippen LogP contribution in [0.15, 0.2) is 80.2 Å². The van der Waals surface area contributed by atoms with Gasteiger partial charge in [0.1, 0.15) is 0 Å². The normalized spacial score (nSPS) is 11.9. The van der Waals surface area contributed by atoms with Gasteiger partial charge in [-0.3, -0.25) is 20.2 Å². The molecule has 3 aromatic rings. The van der Waals surface area contributed by atoms with Crippen molar-refractivity contribution in [3.8, 4) is 0 Å². The van der Waals surface area contributed by atoms with Crippen LogP contribution in [0.2, 0.25) is 0 Å². The molecule has 0 aliphatic rings. The highest BCUT2D eigenvalue weighted by atomic mass is 32.2. The van der Waals surface area contributed by atoms with E-state index in [-0.39, 0.29) is 22.2 Å². The first-order valence-electron chi connectivity index (χ1n) is 13.9. The lowest BCUT2D eigenvalue weighted by Crippen LogP contribution is -2.16. The Morgan fingerprint density at radius 2 is 0.975 bits per heavy atom. The van der Waals surface area contributed by atoms with E-state index in [1.165, 1.54) is 34.7 Å². The van der Waals surface area contributed by atoms with Crippen molar-refractivity contribution >= 4 is 34.9 Å². The first-order chi connectivity index (χ1) is 18.9. The minimum Gasteiger partial charge on any atom is -0.258 e. The lowest BCUT2D eigenvalue weighted by molar-refractivity contribution is -0.397. The molecule has 3 rings (SSSR count). The number of benzene rings is 3. The average Bonchev–Trinajstić information content (AvgIpc) is 2.91. The molecule has 214 valence electrons. The third-order valence-electron chi connectivity index (χ3n) is 7.47. The summed E-state index contributed by atoms with van der Waals surface area (Å²) in [5, 5.41) is 23.8. The van der Waals surface area contributed by atoms with Gasteiger partial charge in [0.15, 0.2) is 0 Å². The Hall–Kier alpha value is -2.84. The summed E-state index contributed by atoms with van der Waals surface area (Å²) in [6.45, 7) is 13.3. The van der Waals surface area contributed by atoms with E-state index in [1.807, 2.05) is 24.3 Å². The summed E-state index contributed by atoms with van der Waals surface area (Å²) in [4.78, 5) is 25.2. The molecule has 0 bridgehead atoms. The van der Waals surface area contributed by atoms with Gasteiger partial charge in [-0.05, 0) is 65.1 Å². The molecule has 40 heavy (non-hydrogen) atoms. The van der Waals surface area contributed by atoms with Gasteiger partial charge in [-0.1, -0.05) is 115 Å². The van der Waals surface area contributed by atoms with Gasteiger partial charge in [-0.15, -0.1) is 0 Å². The van der Waals surface area contributed by atoms with Gasteiger partial charge in [-0.2, -0.15) is 0 Å². The van der Waals surface area contributed by atoms with Crippen LogP contribution in [0.1, 0.15) is 91.2 Å². The van der Waals surface area contributed by atoms with Gasteiger partial charge < -0.3 is 0 Å². The fourth-order valence-electron chi connectivity index (χ4n) is 4.72. The molecule has 6 nitrogen and oxygen atoms in total. The summed E-state index contributed by atoms with van der Waals surface area (Å²) in [5.41, 5.74) is 2.01. The van der Waals surface area contributed by atoms with Crippen molar-refractivity contribution in [2.75, 3.05) is 0 Å². The van der Waals surface area contributed by atoms with E-state index in [9.17, 15) is 20.2 Å². The van der Waals surface area contributed by atoms with E-state index in [0.717, 1.165) is 54.4 Å². The number of hydrogen-bond acceptors (Lipinski definition) is 6. The summed E-state index contributed by atoms with van der Waals surface area (Å²) < 4.78 is 0. The lowest BCUT2D eigenvalue weighted by Gasteiger charge is -2.25. The predicted molar refractivity (Wildman–Crippen MR) is 166 cm³/mol. The van der Waals surface area contributed by atoms with Crippen LogP contribution < -0.4 is 0 Å². The van der Waals surface area contributed by atoms with Gasteiger partial charge in [0.05, 0.1) is 25.7 Å². The van der Waals surface area contributed by atoms with E-state index in [2.05, 4.69) is 65.8 Å². The van der Waals surface area contributed by atoms with Gasteiger partial charge in [0.25, 0.3) is 11.4 Å². The van der Waals surface area contributed by atoms with Gasteiger partial charge in [0.2, 0.25) is 0 Å². The van der Waals surface area contributed by atoms with Crippen LogP contribution >= 0.6 is 23.5 Å². The molecule has 0 unspecified atom stereocenters. The van der Waals surface area contributed by atoms with Crippen molar-refractivity contribution in [2.45, 2.75) is 110 Å². The maximum atomic E-state index is 11.9. The fourth-order valence-corrected chi connectivity index (χ4v) is 6.67. The summed E-state index contributed by atoms with van der Waals surface area (Å²) in [7, 11) is 0. The molecule has 0 aliphatic heterocycles. The number of nitro groups is 2. The molecule has 0 aromatic heterocycles. The zero-order valence-electron chi connectivity index (χ0n) is 24.4. The van der Waals surface area contributed by atoms with E-state index < -0.39 is 9.85 Å². The molecule has 0 amide bonds. The van der Waals surface area contributed by atoms with E-state index in [4.69, 9.17) is 0 Å². The molecule has 8 heteroatoms. The summed E-state index contributed by atoms with van der Waals surface area (Å²) in [5.74, 6) is 0. The van der Waals surface area contributed by atoms with Crippen molar-refractivity contribution in [2.24, 2.45) is 0 Å². The van der Waals surface area contributed by atoms with E-state index >= 15 is 0 Å². The Balaban J connectivity index is 1.92. The number of nitro benzene ring substituents is 2. The van der Waals surface area contributed by atoms with Gasteiger partial charge >= 0.3 is 0 Å². The summed E-state index contributed by atoms with van der Waals surface area (Å²) in [6.07, 6.45) is 6.75. The van der Waals surface area contributed by atoms with E-state index in [0.29, 0.717) is 9.79 Å². The second kappa shape index (κ2) is 13.7. The maximum Gasteiger partial charge on any atom is 0.290 e. The molecule has 0 fully saturated rings. The SMILES string of the molecule is CCCCC(C)(C)c1ccc(Sc2cc(Sc3ccc(C(C)(C)CCCC)cc3)c([N+](=O)[O-])cc2[N+](=O)[O-])cc1. The third kappa shape index (κ3) is 8.10. The van der Waals surface area contributed by atoms with Crippen molar-refractivity contribution in [1.82, 2.24) is 0 Å². The number of rotatable bonds is 14. The number of hydrogen-bond donors (Lipinski definition) is 0.